The number of thiophene rings is 1. The fourth-order valence-corrected chi connectivity index (χ4v) is 2.19. The lowest BCUT2D eigenvalue weighted by Gasteiger charge is -2.17. The molecule has 1 aromatic heterocycles. The Labute approximate surface area is 87.7 Å². The molecule has 2 atom stereocenters. The molecule has 0 aliphatic heterocycles. The molecule has 0 bridgehead atoms. The van der Waals surface area contributed by atoms with Gasteiger partial charge >= 0.3 is 0 Å². The van der Waals surface area contributed by atoms with Crippen LogP contribution in [0.25, 0.3) is 0 Å². The van der Waals surface area contributed by atoms with Gasteiger partial charge in [0, 0.05) is 18.0 Å². The molecule has 0 fully saturated rings. The van der Waals surface area contributed by atoms with E-state index in [1.165, 1.54) is 4.88 Å². The highest BCUT2D eigenvalue weighted by atomic mass is 35.5. The van der Waals surface area contributed by atoms with Gasteiger partial charge in [-0.25, -0.2) is 0 Å². The van der Waals surface area contributed by atoms with Crippen LogP contribution in [-0.4, -0.2) is 19.3 Å². The molecule has 2 unspecified atom stereocenters. The highest BCUT2D eigenvalue weighted by Gasteiger charge is 2.13. The van der Waals surface area contributed by atoms with Crippen LogP contribution in [-0.2, 0) is 11.2 Å². The van der Waals surface area contributed by atoms with E-state index in [-0.39, 0.29) is 12.1 Å². The molecule has 4 heteroatoms. The van der Waals surface area contributed by atoms with Gasteiger partial charge in [0.25, 0.3) is 0 Å². The van der Waals surface area contributed by atoms with Crippen LogP contribution in [0, 0.1) is 0 Å². The predicted molar refractivity (Wildman–Crippen MR) is 57.5 cm³/mol. The average molecular weight is 220 g/mol. The van der Waals surface area contributed by atoms with E-state index in [9.17, 15) is 0 Å². The molecule has 0 aliphatic carbocycles. The van der Waals surface area contributed by atoms with Crippen molar-refractivity contribution in [2.45, 2.75) is 25.5 Å². The summed E-state index contributed by atoms with van der Waals surface area (Å²) in [5.74, 6) is 0. The normalized spacial score (nSPS) is 15.7. The maximum atomic E-state index is 5.91. The molecule has 0 spiro atoms. The van der Waals surface area contributed by atoms with Gasteiger partial charge in [-0.1, -0.05) is 11.6 Å². The van der Waals surface area contributed by atoms with Gasteiger partial charge in [0.2, 0.25) is 0 Å². The van der Waals surface area contributed by atoms with E-state index in [0.29, 0.717) is 0 Å². The molecule has 1 heterocycles. The SMILES string of the molecule is COC(C)C(N)Cc1ccc(Cl)s1. The Morgan fingerprint density at radius 2 is 2.31 bits per heavy atom. The lowest BCUT2D eigenvalue weighted by atomic mass is 10.1. The molecule has 0 saturated heterocycles. The summed E-state index contributed by atoms with van der Waals surface area (Å²) in [6.07, 6.45) is 0.910. The van der Waals surface area contributed by atoms with Crippen molar-refractivity contribution in [3.63, 3.8) is 0 Å². The van der Waals surface area contributed by atoms with Crippen LogP contribution in [0.5, 0.6) is 0 Å². The van der Waals surface area contributed by atoms with Gasteiger partial charge in [-0.05, 0) is 25.5 Å². The predicted octanol–water partition coefficient (Wildman–Crippen LogP) is 2.31. The van der Waals surface area contributed by atoms with E-state index in [2.05, 4.69) is 0 Å². The molecule has 1 aromatic rings. The Hall–Kier alpha value is -0.0900. The summed E-state index contributed by atoms with van der Waals surface area (Å²) in [4.78, 5) is 1.21. The zero-order chi connectivity index (χ0) is 9.84. The van der Waals surface area contributed by atoms with Gasteiger partial charge in [-0.2, -0.15) is 0 Å². The number of nitrogens with two attached hydrogens (primary N) is 1. The van der Waals surface area contributed by atoms with Crippen molar-refractivity contribution in [1.82, 2.24) is 0 Å². The van der Waals surface area contributed by atoms with E-state index in [1.54, 1.807) is 18.4 Å². The first-order chi connectivity index (χ1) is 6.13. The molecule has 2 nitrogen and oxygen atoms in total. The first-order valence-corrected chi connectivity index (χ1v) is 5.35. The topological polar surface area (TPSA) is 35.2 Å². The molecule has 0 radical (unpaired) electrons. The molecule has 0 aliphatic rings. The minimum atomic E-state index is 0.0414. The third-order valence-electron chi connectivity index (χ3n) is 2.04. The molecule has 1 rings (SSSR count). The smallest absolute Gasteiger partial charge is 0.0931 e. The van der Waals surface area contributed by atoms with Gasteiger partial charge in [0.05, 0.1) is 10.4 Å². The quantitative estimate of drug-likeness (QED) is 0.844. The largest absolute Gasteiger partial charge is 0.380 e. The van der Waals surface area contributed by atoms with Crippen molar-refractivity contribution < 1.29 is 4.74 Å². The lowest BCUT2D eigenvalue weighted by molar-refractivity contribution is 0.0958. The van der Waals surface area contributed by atoms with Gasteiger partial charge < -0.3 is 10.5 Å². The Kier molecular flexibility index (Phi) is 4.19. The maximum Gasteiger partial charge on any atom is 0.0931 e. The second-order valence-electron chi connectivity index (χ2n) is 3.01. The van der Waals surface area contributed by atoms with E-state index >= 15 is 0 Å². The van der Waals surface area contributed by atoms with E-state index < -0.39 is 0 Å². The second-order valence-corrected chi connectivity index (χ2v) is 4.81. The monoisotopic (exact) mass is 219 g/mol. The van der Waals surface area contributed by atoms with Crippen molar-refractivity contribution in [1.29, 1.82) is 0 Å². The van der Waals surface area contributed by atoms with Gasteiger partial charge in [0.15, 0.2) is 0 Å². The Bertz CT molecular complexity index is 264. The fourth-order valence-electron chi connectivity index (χ4n) is 1.03. The summed E-state index contributed by atoms with van der Waals surface area (Å²) in [5.41, 5.74) is 5.91. The average Bonchev–Trinajstić information content (AvgIpc) is 2.49. The van der Waals surface area contributed by atoms with Crippen LogP contribution < -0.4 is 5.73 Å². The number of ether oxygens (including phenoxy) is 1. The van der Waals surface area contributed by atoms with Crippen LogP contribution in [0.2, 0.25) is 4.34 Å². The van der Waals surface area contributed by atoms with Crippen molar-refractivity contribution in [2.24, 2.45) is 5.73 Å². The summed E-state index contributed by atoms with van der Waals surface area (Å²) in [6, 6.07) is 3.95. The highest BCUT2D eigenvalue weighted by molar-refractivity contribution is 7.16. The molecular formula is C9H14ClNOS. The van der Waals surface area contributed by atoms with E-state index in [1.807, 2.05) is 19.1 Å². The molecule has 2 N–H and O–H groups in total. The van der Waals surface area contributed by atoms with E-state index in [4.69, 9.17) is 22.1 Å². The first kappa shape index (κ1) is 11.0. The van der Waals surface area contributed by atoms with Crippen LogP contribution in [0.1, 0.15) is 11.8 Å². The third kappa shape index (κ3) is 3.27. The molecule has 13 heavy (non-hydrogen) atoms. The molecule has 0 aromatic carbocycles. The summed E-state index contributed by atoms with van der Waals surface area (Å²) < 4.78 is 5.95. The van der Waals surface area contributed by atoms with Gasteiger partial charge in [0.1, 0.15) is 0 Å². The minimum Gasteiger partial charge on any atom is -0.380 e. The zero-order valence-electron chi connectivity index (χ0n) is 7.79. The number of hydrogen-bond acceptors (Lipinski definition) is 3. The Morgan fingerprint density at radius 1 is 1.62 bits per heavy atom. The van der Waals surface area contributed by atoms with E-state index in [0.717, 1.165) is 10.8 Å². The Morgan fingerprint density at radius 3 is 2.77 bits per heavy atom. The molecule has 0 amide bonds. The van der Waals surface area contributed by atoms with Gasteiger partial charge in [-0.3, -0.25) is 0 Å². The summed E-state index contributed by atoms with van der Waals surface area (Å²) in [5, 5.41) is 0. The lowest BCUT2D eigenvalue weighted by Crippen LogP contribution is -2.35. The summed E-state index contributed by atoms with van der Waals surface area (Å²) in [7, 11) is 1.67. The minimum absolute atomic E-state index is 0.0414. The van der Waals surface area contributed by atoms with Crippen LogP contribution in [0.4, 0.5) is 0 Å². The van der Waals surface area contributed by atoms with Crippen LogP contribution in [0.3, 0.4) is 0 Å². The standard InChI is InChI=1S/C9H14ClNOS/c1-6(12-2)8(11)5-7-3-4-9(10)13-7/h3-4,6,8H,5,11H2,1-2H3. The molecular weight excluding hydrogens is 206 g/mol. The summed E-state index contributed by atoms with van der Waals surface area (Å²) in [6.45, 7) is 1.97. The second kappa shape index (κ2) is 4.96. The highest BCUT2D eigenvalue weighted by Crippen LogP contribution is 2.22. The van der Waals surface area contributed by atoms with Crippen molar-refractivity contribution >= 4 is 22.9 Å². The van der Waals surface area contributed by atoms with Crippen molar-refractivity contribution in [2.75, 3.05) is 7.11 Å². The Balaban J connectivity index is 2.49. The maximum absolute atomic E-state index is 5.91. The molecule has 0 saturated carbocycles. The van der Waals surface area contributed by atoms with Crippen molar-refractivity contribution in [3.05, 3.63) is 21.3 Å². The van der Waals surface area contributed by atoms with Gasteiger partial charge in [-0.15, -0.1) is 11.3 Å². The summed E-state index contributed by atoms with van der Waals surface area (Å²) >= 11 is 7.38. The van der Waals surface area contributed by atoms with Crippen LogP contribution >= 0.6 is 22.9 Å². The fraction of sp³-hybridized carbons (Fsp3) is 0.556. The van der Waals surface area contributed by atoms with Crippen molar-refractivity contribution in [3.8, 4) is 0 Å². The zero-order valence-corrected chi connectivity index (χ0v) is 9.36. The first-order valence-electron chi connectivity index (χ1n) is 4.16. The van der Waals surface area contributed by atoms with Crippen LogP contribution in [0.15, 0.2) is 12.1 Å². The number of rotatable bonds is 4. The molecule has 74 valence electrons. The number of hydrogen-bond donors (Lipinski definition) is 1. The number of methoxy groups -OCH3 is 1. The third-order valence-corrected chi connectivity index (χ3v) is 3.29. The number of halogens is 1.